The van der Waals surface area contributed by atoms with Gasteiger partial charge in [-0.2, -0.15) is 4.72 Å². The first-order valence-corrected chi connectivity index (χ1v) is 10.4. The number of benzene rings is 2. The lowest BCUT2D eigenvalue weighted by atomic mass is 10.1. The topological polar surface area (TPSA) is 114 Å². The van der Waals surface area contributed by atoms with Crippen LogP contribution in [0.2, 0.25) is 0 Å². The summed E-state index contributed by atoms with van der Waals surface area (Å²) >= 11 is 0. The van der Waals surface area contributed by atoms with Crippen molar-refractivity contribution >= 4 is 27.5 Å². The Balaban J connectivity index is 2.45. The molecule has 0 fully saturated rings. The summed E-state index contributed by atoms with van der Waals surface area (Å²) in [7, 11) is 2.13. The Morgan fingerprint density at radius 1 is 1.10 bits per heavy atom. The Labute approximate surface area is 181 Å². The summed E-state index contributed by atoms with van der Waals surface area (Å²) < 4.78 is 37.3. The van der Waals surface area contributed by atoms with Crippen molar-refractivity contribution in [2.45, 2.75) is 4.90 Å². The van der Waals surface area contributed by atoms with Crippen LogP contribution in [0.15, 0.2) is 41.3 Å². The molecule has 0 aliphatic heterocycles. The maximum atomic E-state index is 12.9. The number of anilines is 1. The Kier molecular flexibility index (Phi) is 7.63. The van der Waals surface area contributed by atoms with Gasteiger partial charge in [0.05, 0.1) is 36.9 Å². The maximum absolute atomic E-state index is 12.9. The molecule has 2 aromatic carbocycles. The van der Waals surface area contributed by atoms with E-state index in [9.17, 15) is 18.0 Å². The van der Waals surface area contributed by atoms with Crippen molar-refractivity contribution in [2.75, 3.05) is 40.2 Å². The van der Waals surface area contributed by atoms with Crippen molar-refractivity contribution in [2.24, 2.45) is 0 Å². The third-order valence-electron chi connectivity index (χ3n) is 4.18. The SMILES string of the molecule is C#CCNS(=O)(=O)c1cccc(C(=O)Nc2cc(OC)c(OC)cc2C(=O)N(C)C)c1. The summed E-state index contributed by atoms with van der Waals surface area (Å²) in [5.74, 6) is 1.82. The van der Waals surface area contributed by atoms with E-state index in [1.54, 1.807) is 14.1 Å². The van der Waals surface area contributed by atoms with E-state index in [4.69, 9.17) is 15.9 Å². The lowest BCUT2D eigenvalue weighted by Gasteiger charge is -2.18. The van der Waals surface area contributed by atoms with Gasteiger partial charge in [0.25, 0.3) is 11.8 Å². The van der Waals surface area contributed by atoms with Crippen LogP contribution in [0.5, 0.6) is 11.5 Å². The smallest absolute Gasteiger partial charge is 0.255 e. The predicted molar refractivity (Wildman–Crippen MR) is 116 cm³/mol. The number of carbonyl (C=O) groups is 2. The second-order valence-electron chi connectivity index (χ2n) is 6.46. The molecule has 0 unspecified atom stereocenters. The molecule has 164 valence electrons. The molecule has 2 amide bonds. The zero-order valence-electron chi connectivity index (χ0n) is 17.6. The summed E-state index contributed by atoms with van der Waals surface area (Å²) in [4.78, 5) is 26.7. The molecule has 0 atom stereocenters. The molecule has 10 heteroatoms. The molecule has 2 aromatic rings. The van der Waals surface area contributed by atoms with E-state index in [0.717, 1.165) is 0 Å². The Morgan fingerprint density at radius 3 is 2.32 bits per heavy atom. The predicted octanol–water partition coefficient (Wildman–Crippen LogP) is 1.57. The zero-order chi connectivity index (χ0) is 23.2. The van der Waals surface area contributed by atoms with E-state index in [2.05, 4.69) is 16.0 Å². The van der Waals surface area contributed by atoms with Crippen molar-refractivity contribution in [1.82, 2.24) is 9.62 Å². The summed E-state index contributed by atoms with van der Waals surface area (Å²) in [5, 5.41) is 2.64. The molecular weight excluding hydrogens is 422 g/mol. The van der Waals surface area contributed by atoms with Crippen molar-refractivity contribution in [3.63, 3.8) is 0 Å². The third-order valence-corrected chi connectivity index (χ3v) is 5.58. The quantitative estimate of drug-likeness (QED) is 0.596. The molecule has 0 saturated carbocycles. The summed E-state index contributed by atoms with van der Waals surface area (Å²) in [6.07, 6.45) is 5.09. The molecule has 0 spiro atoms. The van der Waals surface area contributed by atoms with Gasteiger partial charge >= 0.3 is 0 Å². The molecule has 0 aliphatic rings. The Hall–Kier alpha value is -3.55. The minimum atomic E-state index is -3.87. The van der Waals surface area contributed by atoms with Crippen LogP contribution in [-0.2, 0) is 10.0 Å². The lowest BCUT2D eigenvalue weighted by molar-refractivity contribution is 0.0828. The number of rotatable bonds is 8. The Morgan fingerprint density at radius 2 is 1.74 bits per heavy atom. The first kappa shape index (κ1) is 23.7. The highest BCUT2D eigenvalue weighted by atomic mass is 32.2. The largest absolute Gasteiger partial charge is 0.493 e. The number of carbonyl (C=O) groups excluding carboxylic acids is 2. The van der Waals surface area contributed by atoms with Gasteiger partial charge in [-0.3, -0.25) is 9.59 Å². The number of hydrogen-bond acceptors (Lipinski definition) is 6. The first-order valence-electron chi connectivity index (χ1n) is 8.96. The van der Waals surface area contributed by atoms with Crippen LogP contribution in [0.3, 0.4) is 0 Å². The fourth-order valence-corrected chi connectivity index (χ4v) is 3.60. The van der Waals surface area contributed by atoms with Crippen LogP contribution in [-0.4, -0.2) is 60.0 Å². The van der Waals surface area contributed by atoms with E-state index in [1.165, 1.54) is 55.5 Å². The van der Waals surface area contributed by atoms with Gasteiger partial charge in [0.15, 0.2) is 11.5 Å². The Bertz CT molecular complexity index is 1140. The van der Waals surface area contributed by atoms with Crippen molar-refractivity contribution < 1.29 is 27.5 Å². The maximum Gasteiger partial charge on any atom is 0.255 e. The third kappa shape index (κ3) is 5.53. The van der Waals surface area contributed by atoms with E-state index in [1.807, 2.05) is 0 Å². The van der Waals surface area contributed by atoms with Gasteiger partial charge in [-0.25, -0.2) is 8.42 Å². The molecule has 0 bridgehead atoms. The highest BCUT2D eigenvalue weighted by molar-refractivity contribution is 7.89. The van der Waals surface area contributed by atoms with Gasteiger partial charge in [-0.15, -0.1) is 6.42 Å². The number of hydrogen-bond donors (Lipinski definition) is 2. The molecule has 0 aliphatic carbocycles. The molecule has 2 rings (SSSR count). The average molecular weight is 445 g/mol. The van der Waals surface area contributed by atoms with E-state index < -0.39 is 15.9 Å². The van der Waals surface area contributed by atoms with Crippen LogP contribution in [0.4, 0.5) is 5.69 Å². The summed E-state index contributed by atoms with van der Waals surface area (Å²) in [6.45, 7) is -0.180. The average Bonchev–Trinajstić information content (AvgIpc) is 2.76. The number of amides is 2. The van der Waals surface area contributed by atoms with Gasteiger partial charge in [0.1, 0.15) is 0 Å². The number of terminal acetylenes is 1. The molecule has 9 nitrogen and oxygen atoms in total. The number of sulfonamides is 1. The molecule has 0 saturated heterocycles. The van der Waals surface area contributed by atoms with Crippen molar-refractivity contribution in [3.8, 4) is 23.8 Å². The molecule has 2 N–H and O–H groups in total. The second kappa shape index (κ2) is 9.97. The van der Waals surface area contributed by atoms with Gasteiger partial charge in [-0.05, 0) is 24.3 Å². The fraction of sp³-hybridized carbons (Fsp3) is 0.238. The van der Waals surface area contributed by atoms with Crippen LogP contribution in [0.25, 0.3) is 0 Å². The number of nitrogens with one attached hydrogen (secondary N) is 2. The van der Waals surface area contributed by atoms with Crippen molar-refractivity contribution in [3.05, 3.63) is 47.5 Å². The highest BCUT2D eigenvalue weighted by Crippen LogP contribution is 2.34. The van der Waals surface area contributed by atoms with Crippen LogP contribution < -0.4 is 19.5 Å². The van der Waals surface area contributed by atoms with Crippen LogP contribution >= 0.6 is 0 Å². The normalized spacial score (nSPS) is 10.7. The summed E-state index contributed by atoms with van der Waals surface area (Å²) in [6, 6.07) is 8.35. The number of methoxy groups -OCH3 is 2. The minimum absolute atomic E-state index is 0.0709. The molecule has 0 aromatic heterocycles. The van der Waals surface area contributed by atoms with E-state index in [0.29, 0.717) is 11.5 Å². The minimum Gasteiger partial charge on any atom is -0.493 e. The number of ether oxygens (including phenoxy) is 2. The molecule has 31 heavy (non-hydrogen) atoms. The van der Waals surface area contributed by atoms with Gasteiger partial charge in [0, 0.05) is 25.7 Å². The van der Waals surface area contributed by atoms with E-state index >= 15 is 0 Å². The van der Waals surface area contributed by atoms with Crippen molar-refractivity contribution in [1.29, 1.82) is 0 Å². The van der Waals surface area contributed by atoms with Gasteiger partial charge in [-0.1, -0.05) is 12.0 Å². The monoisotopic (exact) mass is 445 g/mol. The first-order chi connectivity index (χ1) is 14.6. The van der Waals surface area contributed by atoms with Crippen LogP contribution in [0, 0.1) is 12.3 Å². The lowest BCUT2D eigenvalue weighted by Crippen LogP contribution is -2.25. The van der Waals surface area contributed by atoms with Gasteiger partial charge < -0.3 is 19.7 Å². The summed E-state index contributed by atoms with van der Waals surface area (Å²) in [5.41, 5.74) is 0.428. The van der Waals surface area contributed by atoms with Gasteiger partial charge in [0.2, 0.25) is 10.0 Å². The fourth-order valence-electron chi connectivity index (χ4n) is 2.62. The standard InChI is InChI=1S/C21H23N3O6S/c1-6-10-22-31(27,28)15-9-7-8-14(11-15)20(25)23-17-13-19(30-5)18(29-4)12-16(17)21(26)24(2)3/h1,7-9,11-13,22H,10H2,2-5H3,(H,23,25). The number of nitrogens with zero attached hydrogens (tertiary/aromatic N) is 1. The molecule has 0 radical (unpaired) electrons. The zero-order valence-corrected chi connectivity index (χ0v) is 18.4. The molecule has 0 heterocycles. The van der Waals surface area contributed by atoms with E-state index in [-0.39, 0.29) is 34.2 Å². The molecular formula is C21H23N3O6S. The van der Waals surface area contributed by atoms with Crippen LogP contribution in [0.1, 0.15) is 20.7 Å². The highest BCUT2D eigenvalue weighted by Gasteiger charge is 2.21. The second-order valence-corrected chi connectivity index (χ2v) is 8.23.